The van der Waals surface area contributed by atoms with Gasteiger partial charge in [0.15, 0.2) is 0 Å². The van der Waals surface area contributed by atoms with Gasteiger partial charge in [-0.2, -0.15) is 0 Å². The van der Waals surface area contributed by atoms with Crippen molar-refractivity contribution in [1.82, 2.24) is 5.32 Å². The smallest absolute Gasteiger partial charge is 0.125 e. The first-order chi connectivity index (χ1) is 8.54. The number of hydrogen-bond acceptors (Lipinski definition) is 2. The number of hydrogen-bond donors (Lipinski definition) is 1. The van der Waals surface area contributed by atoms with Gasteiger partial charge in [-0.25, -0.2) is 4.39 Å². The molecular formula is C15H25FN2. The Morgan fingerprint density at radius 1 is 1.33 bits per heavy atom. The Balaban J connectivity index is 2.63. The number of anilines is 1. The molecule has 0 fully saturated rings. The van der Waals surface area contributed by atoms with Crippen molar-refractivity contribution in [3.63, 3.8) is 0 Å². The first-order valence-corrected chi connectivity index (χ1v) is 6.74. The molecule has 0 spiro atoms. The molecule has 1 atom stereocenters. The highest BCUT2D eigenvalue weighted by molar-refractivity contribution is 5.45. The zero-order valence-electron chi connectivity index (χ0n) is 11.9. The van der Waals surface area contributed by atoms with E-state index in [1.807, 2.05) is 13.1 Å². The first kappa shape index (κ1) is 15.0. The third kappa shape index (κ3) is 4.65. The molecule has 18 heavy (non-hydrogen) atoms. The van der Waals surface area contributed by atoms with Crippen molar-refractivity contribution < 1.29 is 4.39 Å². The van der Waals surface area contributed by atoms with E-state index in [9.17, 15) is 4.39 Å². The lowest BCUT2D eigenvalue weighted by Gasteiger charge is -2.29. The molecule has 1 aromatic carbocycles. The van der Waals surface area contributed by atoms with Crippen molar-refractivity contribution in [2.45, 2.75) is 33.2 Å². The topological polar surface area (TPSA) is 15.3 Å². The fourth-order valence-electron chi connectivity index (χ4n) is 1.95. The van der Waals surface area contributed by atoms with Crippen LogP contribution < -0.4 is 10.2 Å². The van der Waals surface area contributed by atoms with Crippen LogP contribution in [0.1, 0.15) is 27.2 Å². The Hall–Kier alpha value is -1.09. The highest BCUT2D eigenvalue weighted by atomic mass is 19.1. The van der Waals surface area contributed by atoms with Crippen molar-refractivity contribution in [3.8, 4) is 0 Å². The summed E-state index contributed by atoms with van der Waals surface area (Å²) in [7, 11) is 2.01. The number of nitrogens with one attached hydrogen (secondary N) is 1. The predicted molar refractivity (Wildman–Crippen MR) is 76.6 cm³/mol. The SMILES string of the molecule is CCCNC(CN(C)c1cccc(F)c1)C(C)C. The van der Waals surface area contributed by atoms with Gasteiger partial charge in [-0.1, -0.05) is 26.8 Å². The zero-order valence-corrected chi connectivity index (χ0v) is 11.9. The summed E-state index contributed by atoms with van der Waals surface area (Å²) in [4.78, 5) is 2.11. The second-order valence-corrected chi connectivity index (χ2v) is 5.17. The quantitative estimate of drug-likeness (QED) is 0.801. The number of halogens is 1. The minimum absolute atomic E-state index is 0.179. The van der Waals surface area contributed by atoms with Gasteiger partial charge in [0.2, 0.25) is 0 Å². The largest absolute Gasteiger partial charge is 0.373 e. The third-order valence-electron chi connectivity index (χ3n) is 3.18. The van der Waals surface area contributed by atoms with Gasteiger partial charge in [-0.3, -0.25) is 0 Å². The molecule has 0 radical (unpaired) electrons. The van der Waals surface area contributed by atoms with E-state index in [-0.39, 0.29) is 5.82 Å². The molecule has 0 heterocycles. The van der Waals surface area contributed by atoms with E-state index in [4.69, 9.17) is 0 Å². The van der Waals surface area contributed by atoms with Crippen LogP contribution in [0.25, 0.3) is 0 Å². The number of rotatable bonds is 7. The molecule has 0 saturated carbocycles. The summed E-state index contributed by atoms with van der Waals surface area (Å²) in [6.07, 6.45) is 1.13. The van der Waals surface area contributed by atoms with Crippen LogP contribution in [0.4, 0.5) is 10.1 Å². The average molecular weight is 252 g/mol. The van der Waals surface area contributed by atoms with Gasteiger partial charge in [-0.05, 0) is 37.1 Å². The Bertz CT molecular complexity index is 352. The molecule has 1 aromatic rings. The molecule has 0 aliphatic heterocycles. The van der Waals surface area contributed by atoms with Crippen LogP contribution in [0.2, 0.25) is 0 Å². The molecule has 0 aliphatic carbocycles. The van der Waals surface area contributed by atoms with E-state index in [1.165, 1.54) is 6.07 Å². The van der Waals surface area contributed by atoms with Crippen LogP contribution in [-0.4, -0.2) is 26.2 Å². The number of benzene rings is 1. The van der Waals surface area contributed by atoms with Crippen LogP contribution in [0.3, 0.4) is 0 Å². The average Bonchev–Trinajstić information content (AvgIpc) is 2.33. The van der Waals surface area contributed by atoms with Gasteiger partial charge in [0.05, 0.1) is 0 Å². The molecule has 0 aliphatic rings. The van der Waals surface area contributed by atoms with Crippen molar-refractivity contribution in [1.29, 1.82) is 0 Å². The van der Waals surface area contributed by atoms with Crippen LogP contribution in [0, 0.1) is 11.7 Å². The lowest BCUT2D eigenvalue weighted by atomic mass is 10.0. The summed E-state index contributed by atoms with van der Waals surface area (Å²) in [6, 6.07) is 7.19. The molecular weight excluding hydrogens is 227 g/mol. The second-order valence-electron chi connectivity index (χ2n) is 5.17. The van der Waals surface area contributed by atoms with Gasteiger partial charge < -0.3 is 10.2 Å². The van der Waals surface area contributed by atoms with Gasteiger partial charge >= 0.3 is 0 Å². The lowest BCUT2D eigenvalue weighted by Crippen LogP contribution is -2.43. The molecule has 102 valence electrons. The molecule has 1 N–H and O–H groups in total. The molecule has 1 rings (SSSR count). The van der Waals surface area contributed by atoms with Crippen LogP contribution in [0.15, 0.2) is 24.3 Å². The third-order valence-corrected chi connectivity index (χ3v) is 3.18. The molecule has 0 aromatic heterocycles. The van der Waals surface area contributed by atoms with Crippen LogP contribution >= 0.6 is 0 Å². The van der Waals surface area contributed by atoms with E-state index in [0.29, 0.717) is 12.0 Å². The predicted octanol–water partition coefficient (Wildman–Crippen LogP) is 3.29. The minimum Gasteiger partial charge on any atom is -0.373 e. The van der Waals surface area contributed by atoms with Crippen molar-refractivity contribution in [3.05, 3.63) is 30.1 Å². The summed E-state index contributed by atoms with van der Waals surface area (Å²) in [5.41, 5.74) is 0.930. The van der Waals surface area contributed by atoms with E-state index in [1.54, 1.807) is 12.1 Å². The maximum atomic E-state index is 13.2. The van der Waals surface area contributed by atoms with Gasteiger partial charge in [0.25, 0.3) is 0 Å². The number of nitrogens with zero attached hydrogens (tertiary/aromatic N) is 1. The Kier molecular flexibility index (Phi) is 6.13. The van der Waals surface area contributed by atoms with Crippen LogP contribution in [-0.2, 0) is 0 Å². The van der Waals surface area contributed by atoms with Crippen molar-refractivity contribution in [2.24, 2.45) is 5.92 Å². The Labute approximate surface area is 110 Å². The molecule has 0 saturated heterocycles. The first-order valence-electron chi connectivity index (χ1n) is 6.74. The van der Waals surface area contributed by atoms with E-state index in [2.05, 4.69) is 31.0 Å². The molecule has 2 nitrogen and oxygen atoms in total. The van der Waals surface area contributed by atoms with Crippen molar-refractivity contribution >= 4 is 5.69 Å². The molecule has 0 amide bonds. The van der Waals surface area contributed by atoms with E-state index < -0.39 is 0 Å². The summed E-state index contributed by atoms with van der Waals surface area (Å²) in [6.45, 7) is 8.51. The normalized spacial score (nSPS) is 12.8. The maximum absolute atomic E-state index is 13.2. The fraction of sp³-hybridized carbons (Fsp3) is 0.600. The standard InChI is InChI=1S/C15H25FN2/c1-5-9-17-15(12(2)3)11-18(4)14-8-6-7-13(16)10-14/h6-8,10,12,15,17H,5,9,11H2,1-4H3. The summed E-state index contributed by atoms with van der Waals surface area (Å²) in [5, 5.41) is 3.55. The van der Waals surface area contributed by atoms with Gasteiger partial charge in [-0.15, -0.1) is 0 Å². The zero-order chi connectivity index (χ0) is 13.5. The van der Waals surface area contributed by atoms with E-state index in [0.717, 1.165) is 25.2 Å². The molecule has 0 bridgehead atoms. The number of likely N-dealkylation sites (N-methyl/N-ethyl adjacent to an activating group) is 1. The summed E-state index contributed by atoms with van der Waals surface area (Å²) >= 11 is 0. The Morgan fingerprint density at radius 2 is 2.06 bits per heavy atom. The minimum atomic E-state index is -0.179. The summed E-state index contributed by atoms with van der Waals surface area (Å²) in [5.74, 6) is 0.384. The highest BCUT2D eigenvalue weighted by Crippen LogP contribution is 2.15. The van der Waals surface area contributed by atoms with Gasteiger partial charge in [0, 0.05) is 25.3 Å². The van der Waals surface area contributed by atoms with Crippen molar-refractivity contribution in [2.75, 3.05) is 25.0 Å². The molecule has 3 heteroatoms. The molecule has 1 unspecified atom stereocenters. The fourth-order valence-corrected chi connectivity index (χ4v) is 1.95. The van der Waals surface area contributed by atoms with Gasteiger partial charge in [0.1, 0.15) is 5.82 Å². The second kappa shape index (κ2) is 7.37. The highest BCUT2D eigenvalue weighted by Gasteiger charge is 2.15. The van der Waals surface area contributed by atoms with E-state index >= 15 is 0 Å². The monoisotopic (exact) mass is 252 g/mol. The summed E-state index contributed by atoms with van der Waals surface area (Å²) < 4.78 is 13.2. The van der Waals surface area contributed by atoms with Crippen LogP contribution in [0.5, 0.6) is 0 Å². The maximum Gasteiger partial charge on any atom is 0.125 e. The Morgan fingerprint density at radius 3 is 2.61 bits per heavy atom. The lowest BCUT2D eigenvalue weighted by molar-refractivity contribution is 0.402.